The molecule has 104 valence electrons. The van der Waals surface area contributed by atoms with Crippen molar-refractivity contribution in [3.8, 4) is 17.2 Å². The van der Waals surface area contributed by atoms with Gasteiger partial charge in [-0.25, -0.2) is 0 Å². The van der Waals surface area contributed by atoms with E-state index in [1.165, 1.54) is 7.11 Å². The Hall–Kier alpha value is -1.46. The lowest BCUT2D eigenvalue weighted by Gasteiger charge is -2.16. The maximum absolute atomic E-state index is 12.2. The molecule has 1 aliphatic rings. The second-order valence-electron chi connectivity index (χ2n) is 4.10. The third kappa shape index (κ3) is 2.77. The van der Waals surface area contributed by atoms with Crippen molar-refractivity contribution >= 4 is 17.4 Å². The van der Waals surface area contributed by atoms with Crippen LogP contribution in [-0.2, 0) is 0 Å². The van der Waals surface area contributed by atoms with Crippen LogP contribution in [0.3, 0.4) is 0 Å². The molecule has 0 aromatic heterocycles. The first-order valence-corrected chi connectivity index (χ1v) is 6.40. The fraction of sp³-hybridized carbons (Fsp3) is 0.462. The van der Waals surface area contributed by atoms with Crippen LogP contribution in [0.4, 0.5) is 0 Å². The van der Waals surface area contributed by atoms with Gasteiger partial charge in [-0.15, -0.1) is 0 Å². The van der Waals surface area contributed by atoms with Crippen LogP contribution < -0.4 is 19.5 Å². The summed E-state index contributed by atoms with van der Waals surface area (Å²) < 4.78 is 16.4. The van der Waals surface area contributed by atoms with Gasteiger partial charge in [0.05, 0.1) is 31.9 Å². The molecular formula is C13H16ClNO4. The molecule has 0 amide bonds. The smallest absolute Gasteiger partial charge is 0.184 e. The molecule has 1 aliphatic heterocycles. The molecule has 0 bridgehead atoms. The highest BCUT2D eigenvalue weighted by Crippen LogP contribution is 2.44. The Balaban J connectivity index is 2.58. The second-order valence-corrected chi connectivity index (χ2v) is 4.51. The number of carbonyl (C=O) groups excluding carboxylic acids is 1. The molecular weight excluding hydrogens is 270 g/mol. The van der Waals surface area contributed by atoms with E-state index in [0.717, 1.165) is 6.42 Å². The summed E-state index contributed by atoms with van der Waals surface area (Å²) in [6.07, 6.45) is 0.758. The molecule has 0 spiro atoms. The second kappa shape index (κ2) is 6.12. The van der Waals surface area contributed by atoms with Gasteiger partial charge >= 0.3 is 0 Å². The minimum Gasteiger partial charge on any atom is -0.494 e. The highest BCUT2D eigenvalue weighted by molar-refractivity contribution is 6.33. The van der Waals surface area contributed by atoms with Crippen LogP contribution in [0, 0.1) is 0 Å². The van der Waals surface area contributed by atoms with Crippen LogP contribution in [0.15, 0.2) is 6.07 Å². The average Bonchev–Trinajstić information content (AvgIpc) is 2.62. The largest absolute Gasteiger partial charge is 0.494 e. The van der Waals surface area contributed by atoms with Gasteiger partial charge in [-0.2, -0.15) is 0 Å². The number of rotatable bonds is 4. The summed E-state index contributed by atoms with van der Waals surface area (Å²) >= 11 is 6.13. The van der Waals surface area contributed by atoms with Crippen molar-refractivity contribution in [3.05, 3.63) is 16.7 Å². The number of hydrogen-bond donors (Lipinski definition) is 1. The van der Waals surface area contributed by atoms with Crippen molar-refractivity contribution in [2.75, 3.05) is 33.9 Å². The van der Waals surface area contributed by atoms with E-state index in [-0.39, 0.29) is 12.3 Å². The van der Waals surface area contributed by atoms with E-state index in [0.29, 0.717) is 41.0 Å². The first-order valence-electron chi connectivity index (χ1n) is 6.03. The molecule has 0 saturated carbocycles. The third-order valence-corrected chi connectivity index (χ3v) is 3.05. The Bertz CT molecular complexity index is 490. The molecule has 1 aromatic carbocycles. The summed E-state index contributed by atoms with van der Waals surface area (Å²) in [4.78, 5) is 12.2. The Morgan fingerprint density at radius 1 is 1.47 bits per heavy atom. The normalized spacial score (nSPS) is 13.8. The van der Waals surface area contributed by atoms with Crippen LogP contribution in [0.25, 0.3) is 0 Å². The summed E-state index contributed by atoms with van der Waals surface area (Å²) in [6.45, 7) is 1.21. The molecule has 0 atom stereocenters. The first-order chi connectivity index (χ1) is 9.19. The number of methoxy groups -OCH3 is 1. The number of fused-ring (bicyclic) bond motifs is 1. The third-order valence-electron chi connectivity index (χ3n) is 2.77. The molecule has 0 unspecified atom stereocenters. The van der Waals surface area contributed by atoms with Crippen molar-refractivity contribution in [1.82, 2.24) is 5.32 Å². The highest BCUT2D eigenvalue weighted by atomic mass is 35.5. The molecule has 5 nitrogen and oxygen atoms in total. The predicted molar refractivity (Wildman–Crippen MR) is 71.9 cm³/mol. The molecule has 6 heteroatoms. The number of hydrogen-bond acceptors (Lipinski definition) is 5. The lowest BCUT2D eigenvalue weighted by Crippen LogP contribution is -2.20. The predicted octanol–water partition coefficient (Wildman–Crippen LogP) is 1.91. The van der Waals surface area contributed by atoms with Gasteiger partial charge in [-0.05, 0) is 7.05 Å². The molecule has 2 rings (SSSR count). The number of likely N-dealkylation sites (N-methyl/N-ethyl adjacent to an activating group) is 1. The van der Waals surface area contributed by atoms with E-state index in [9.17, 15) is 4.79 Å². The maximum Gasteiger partial charge on any atom is 0.184 e. The zero-order valence-electron chi connectivity index (χ0n) is 10.9. The Labute approximate surface area is 116 Å². The van der Waals surface area contributed by atoms with Crippen LogP contribution in [-0.4, -0.2) is 39.7 Å². The summed E-state index contributed by atoms with van der Waals surface area (Å²) in [5.74, 6) is 1.08. The Morgan fingerprint density at radius 2 is 2.21 bits per heavy atom. The number of nitrogens with one attached hydrogen (secondary N) is 1. The fourth-order valence-electron chi connectivity index (χ4n) is 1.96. The van der Waals surface area contributed by atoms with Crippen LogP contribution in [0.5, 0.6) is 17.2 Å². The van der Waals surface area contributed by atoms with Crippen LogP contribution in [0.1, 0.15) is 16.8 Å². The zero-order chi connectivity index (χ0) is 13.8. The van der Waals surface area contributed by atoms with Crippen molar-refractivity contribution in [3.63, 3.8) is 0 Å². The maximum atomic E-state index is 12.2. The fourth-order valence-corrected chi connectivity index (χ4v) is 2.23. The molecule has 0 aliphatic carbocycles. The van der Waals surface area contributed by atoms with Gasteiger partial charge in [0, 0.05) is 12.5 Å². The molecule has 1 aromatic rings. The number of halogens is 1. The van der Waals surface area contributed by atoms with Crippen LogP contribution >= 0.6 is 11.6 Å². The van der Waals surface area contributed by atoms with Gasteiger partial charge < -0.3 is 19.5 Å². The number of benzene rings is 1. The Kier molecular flexibility index (Phi) is 4.50. The van der Waals surface area contributed by atoms with Gasteiger partial charge in [0.2, 0.25) is 0 Å². The number of ether oxygens (including phenoxy) is 3. The highest BCUT2D eigenvalue weighted by Gasteiger charge is 2.26. The van der Waals surface area contributed by atoms with E-state index in [4.69, 9.17) is 25.8 Å². The summed E-state index contributed by atoms with van der Waals surface area (Å²) in [5, 5.41) is 3.15. The average molecular weight is 286 g/mol. The molecule has 1 N–H and O–H groups in total. The minimum absolute atomic E-state index is 0.149. The topological polar surface area (TPSA) is 56.8 Å². The SMILES string of the molecule is CNCC(=O)c1c(OC)c(Cl)cc2c1OCCCO2. The van der Waals surface area contributed by atoms with Crippen molar-refractivity contribution < 1.29 is 19.0 Å². The molecule has 1 heterocycles. The quantitative estimate of drug-likeness (QED) is 0.857. The lowest BCUT2D eigenvalue weighted by atomic mass is 10.1. The van der Waals surface area contributed by atoms with E-state index in [1.54, 1.807) is 13.1 Å². The Morgan fingerprint density at radius 3 is 2.89 bits per heavy atom. The lowest BCUT2D eigenvalue weighted by molar-refractivity contribution is 0.0986. The minimum atomic E-state index is -0.149. The zero-order valence-corrected chi connectivity index (χ0v) is 11.7. The van der Waals surface area contributed by atoms with Crippen molar-refractivity contribution in [1.29, 1.82) is 0 Å². The van der Waals surface area contributed by atoms with Gasteiger partial charge in [-0.3, -0.25) is 4.79 Å². The monoisotopic (exact) mass is 285 g/mol. The summed E-state index contributed by atoms with van der Waals surface area (Å²) in [7, 11) is 3.17. The van der Waals surface area contributed by atoms with Gasteiger partial charge in [0.25, 0.3) is 0 Å². The molecule has 19 heavy (non-hydrogen) atoms. The number of Topliss-reactive ketones (excluding diaryl/α,β-unsaturated/α-hetero) is 1. The first kappa shape index (κ1) is 14.0. The van der Waals surface area contributed by atoms with E-state index in [1.807, 2.05) is 0 Å². The van der Waals surface area contributed by atoms with Gasteiger partial charge in [0.1, 0.15) is 5.56 Å². The van der Waals surface area contributed by atoms with Crippen LogP contribution in [0.2, 0.25) is 5.02 Å². The molecule has 0 radical (unpaired) electrons. The van der Waals surface area contributed by atoms with Crippen molar-refractivity contribution in [2.45, 2.75) is 6.42 Å². The van der Waals surface area contributed by atoms with Gasteiger partial charge in [0.15, 0.2) is 23.0 Å². The molecule has 0 fully saturated rings. The van der Waals surface area contributed by atoms with E-state index in [2.05, 4.69) is 5.32 Å². The molecule has 0 saturated heterocycles. The summed E-state index contributed by atoms with van der Waals surface area (Å²) in [5.41, 5.74) is 0.334. The number of carbonyl (C=O) groups is 1. The van der Waals surface area contributed by atoms with E-state index < -0.39 is 0 Å². The van der Waals surface area contributed by atoms with Crippen molar-refractivity contribution in [2.24, 2.45) is 0 Å². The van der Waals surface area contributed by atoms with E-state index >= 15 is 0 Å². The van der Waals surface area contributed by atoms with Gasteiger partial charge in [-0.1, -0.05) is 11.6 Å². The number of ketones is 1. The summed E-state index contributed by atoms with van der Waals surface area (Å²) in [6, 6.07) is 1.62. The standard InChI is InChI=1S/C13H16ClNO4/c1-15-7-9(16)11-12(17-2)8(14)6-10-13(11)19-5-3-4-18-10/h6,15H,3-5,7H2,1-2H3.